The van der Waals surface area contributed by atoms with Crippen LogP contribution in [0.25, 0.3) is 0 Å². The maximum absolute atomic E-state index is 14.4. The van der Waals surface area contributed by atoms with Crippen LogP contribution in [0.2, 0.25) is 0 Å². The molecule has 12 nitrogen and oxygen atoms in total. The zero-order chi connectivity index (χ0) is 31.6. The minimum atomic E-state index is -1.11. The number of hydrogen-bond donors (Lipinski definition) is 0. The molecule has 0 unspecified atom stereocenters. The van der Waals surface area contributed by atoms with Gasteiger partial charge in [0.2, 0.25) is 0 Å². The minimum Gasteiger partial charge on any atom is -0.292 e. The van der Waals surface area contributed by atoms with Crippen LogP contribution in [0.15, 0.2) is 97.1 Å². The second-order valence-corrected chi connectivity index (χ2v) is 11.1. The molecular formula is C33H22N4O8. The standard InChI is InChI=1S/C33H22N4O8/c38-26(18-8-7-9-19(16-18)36(42)43)17-34(31(39)24-14-5-6-15-25(24)37(44)45)35-32(40)29-27-20-10-1-2-11-21(20)28(30(29)33(35)41)23-13-4-3-12-22(23)27/h1-16,27-30H,17H2/t27?,28?,29-,30+. The van der Waals surface area contributed by atoms with Gasteiger partial charge in [0.1, 0.15) is 12.1 Å². The van der Waals surface area contributed by atoms with Crippen molar-refractivity contribution in [3.05, 3.63) is 151 Å². The lowest BCUT2D eigenvalue weighted by molar-refractivity contribution is -0.385. The Morgan fingerprint density at radius 3 is 1.71 bits per heavy atom. The van der Waals surface area contributed by atoms with Gasteiger partial charge in [0.25, 0.3) is 29.1 Å². The number of carbonyl (C=O) groups is 4. The Bertz CT molecular complexity index is 1880. The second kappa shape index (κ2) is 10.3. The Labute approximate surface area is 254 Å². The average molecular weight is 603 g/mol. The van der Waals surface area contributed by atoms with Crippen molar-refractivity contribution < 1.29 is 29.0 Å². The summed E-state index contributed by atoms with van der Waals surface area (Å²) >= 11 is 0. The highest BCUT2D eigenvalue weighted by atomic mass is 16.6. The Kier molecular flexibility index (Phi) is 6.36. The van der Waals surface area contributed by atoms with E-state index in [2.05, 4.69) is 0 Å². The van der Waals surface area contributed by atoms with E-state index < -0.39 is 74.8 Å². The van der Waals surface area contributed by atoms with Gasteiger partial charge in [-0.1, -0.05) is 72.8 Å². The number of hydrogen-bond acceptors (Lipinski definition) is 8. The first-order valence-corrected chi connectivity index (χ1v) is 14.1. The molecule has 1 fully saturated rings. The highest BCUT2D eigenvalue weighted by molar-refractivity contribution is 6.11. The number of nitrogens with zero attached hydrogens (tertiary/aromatic N) is 4. The third-order valence-corrected chi connectivity index (χ3v) is 8.90. The molecule has 0 radical (unpaired) electrons. The number of rotatable bonds is 7. The summed E-state index contributed by atoms with van der Waals surface area (Å²) in [6.45, 7) is -0.877. The average Bonchev–Trinajstić information content (AvgIpc) is 3.32. The van der Waals surface area contributed by atoms with E-state index in [0.717, 1.165) is 34.4 Å². The molecule has 4 aromatic carbocycles. The van der Waals surface area contributed by atoms with Gasteiger partial charge in [0.15, 0.2) is 5.78 Å². The maximum atomic E-state index is 14.4. The molecule has 8 rings (SSSR count). The molecule has 1 saturated heterocycles. The monoisotopic (exact) mass is 602 g/mol. The van der Waals surface area contributed by atoms with Gasteiger partial charge in [-0.15, -0.1) is 0 Å². The number of nitro groups is 2. The normalized spacial score (nSPS) is 20.7. The lowest BCUT2D eigenvalue weighted by Crippen LogP contribution is -2.52. The van der Waals surface area contributed by atoms with Crippen molar-refractivity contribution in [2.24, 2.45) is 11.8 Å². The molecule has 0 spiro atoms. The first-order valence-electron chi connectivity index (χ1n) is 14.1. The van der Waals surface area contributed by atoms with Crippen LogP contribution in [-0.4, -0.2) is 49.9 Å². The number of Topliss-reactive ketones (excluding diaryl/α,β-unsaturated/α-hetero) is 1. The summed E-state index contributed by atoms with van der Waals surface area (Å²) < 4.78 is 0. The Morgan fingerprint density at radius 2 is 1.20 bits per heavy atom. The summed E-state index contributed by atoms with van der Waals surface area (Å²) in [7, 11) is 0. The van der Waals surface area contributed by atoms with Crippen LogP contribution in [0.5, 0.6) is 0 Å². The SMILES string of the molecule is O=C(CN(C(=O)c1ccccc1[N+](=O)[O-])N1C(=O)[C@@H]2C3c4ccccc4C(c4ccccc43)[C@@H]2C1=O)c1cccc([N+](=O)[O-])c1. The van der Waals surface area contributed by atoms with Crippen molar-refractivity contribution in [1.29, 1.82) is 0 Å². The van der Waals surface area contributed by atoms with E-state index >= 15 is 0 Å². The molecule has 0 N–H and O–H groups in total. The quantitative estimate of drug-likeness (QED) is 0.128. The molecule has 4 aliphatic rings. The molecular weight excluding hydrogens is 580 g/mol. The number of nitro benzene ring substituents is 2. The zero-order valence-corrected chi connectivity index (χ0v) is 23.3. The van der Waals surface area contributed by atoms with Crippen molar-refractivity contribution in [1.82, 2.24) is 10.0 Å². The van der Waals surface area contributed by atoms with Crippen molar-refractivity contribution in [2.75, 3.05) is 6.54 Å². The van der Waals surface area contributed by atoms with E-state index in [0.29, 0.717) is 10.0 Å². The molecule has 45 heavy (non-hydrogen) atoms. The van der Waals surface area contributed by atoms with E-state index in [1.54, 1.807) is 0 Å². The van der Waals surface area contributed by atoms with Crippen LogP contribution >= 0.6 is 0 Å². The number of imide groups is 1. The molecule has 12 heteroatoms. The van der Waals surface area contributed by atoms with Gasteiger partial charge in [-0.25, -0.2) is 5.01 Å². The van der Waals surface area contributed by atoms with Crippen molar-refractivity contribution in [2.45, 2.75) is 11.8 Å². The number of benzene rings is 4. The Balaban J connectivity index is 1.35. The molecule has 3 aliphatic carbocycles. The molecule has 222 valence electrons. The Hall–Kier alpha value is -6.04. The lowest BCUT2D eigenvalue weighted by Gasteiger charge is -2.45. The van der Waals surface area contributed by atoms with Crippen LogP contribution in [0.1, 0.15) is 54.8 Å². The number of carbonyl (C=O) groups excluding carboxylic acids is 4. The van der Waals surface area contributed by atoms with Crippen LogP contribution in [0, 0.1) is 32.1 Å². The number of para-hydroxylation sites is 1. The van der Waals surface area contributed by atoms with Gasteiger partial charge >= 0.3 is 0 Å². The molecule has 0 aromatic heterocycles. The topological polar surface area (TPSA) is 161 Å². The third-order valence-electron chi connectivity index (χ3n) is 8.90. The van der Waals surface area contributed by atoms with Gasteiger partial charge in [-0.2, -0.15) is 5.01 Å². The van der Waals surface area contributed by atoms with E-state index in [1.165, 1.54) is 36.4 Å². The summed E-state index contributed by atoms with van der Waals surface area (Å²) in [5, 5.41) is 24.5. The van der Waals surface area contributed by atoms with Crippen LogP contribution < -0.4 is 0 Å². The summed E-state index contributed by atoms with van der Waals surface area (Å²) in [5.74, 6) is -6.10. The predicted molar refractivity (Wildman–Crippen MR) is 157 cm³/mol. The highest BCUT2D eigenvalue weighted by Gasteiger charge is 2.63. The summed E-state index contributed by atoms with van der Waals surface area (Å²) in [6.07, 6.45) is 0. The molecule has 3 amide bonds. The first-order chi connectivity index (χ1) is 21.7. The summed E-state index contributed by atoms with van der Waals surface area (Å²) in [4.78, 5) is 78.2. The number of amides is 3. The fourth-order valence-electron chi connectivity index (χ4n) is 7.11. The highest BCUT2D eigenvalue weighted by Crippen LogP contribution is 2.61. The minimum absolute atomic E-state index is 0.138. The Morgan fingerprint density at radius 1 is 0.689 bits per heavy atom. The second-order valence-electron chi connectivity index (χ2n) is 11.1. The summed E-state index contributed by atoms with van der Waals surface area (Å²) in [5.41, 5.74) is 2.07. The fraction of sp³-hybridized carbons (Fsp3) is 0.152. The summed E-state index contributed by atoms with van der Waals surface area (Å²) in [6, 6.07) is 25.0. The van der Waals surface area contributed by atoms with Gasteiger partial charge in [-0.05, 0) is 28.3 Å². The van der Waals surface area contributed by atoms with Gasteiger partial charge in [-0.3, -0.25) is 39.4 Å². The molecule has 4 aromatic rings. The smallest absolute Gasteiger partial charge is 0.282 e. The van der Waals surface area contributed by atoms with Crippen molar-refractivity contribution >= 4 is 34.9 Å². The van der Waals surface area contributed by atoms with Crippen molar-refractivity contribution in [3.63, 3.8) is 0 Å². The maximum Gasteiger partial charge on any atom is 0.282 e. The van der Waals surface area contributed by atoms with E-state index in [-0.39, 0.29) is 11.3 Å². The predicted octanol–water partition coefficient (Wildman–Crippen LogP) is 4.64. The van der Waals surface area contributed by atoms with E-state index in [1.807, 2.05) is 48.5 Å². The van der Waals surface area contributed by atoms with Gasteiger partial charge in [0, 0.05) is 35.6 Å². The van der Waals surface area contributed by atoms with Gasteiger partial charge < -0.3 is 0 Å². The molecule has 1 aliphatic heterocycles. The first kappa shape index (κ1) is 27.8. The number of ketones is 1. The number of hydrazine groups is 1. The fourth-order valence-corrected chi connectivity index (χ4v) is 7.11. The molecule has 0 saturated carbocycles. The number of non-ortho nitro benzene ring substituents is 1. The molecule has 1 heterocycles. The van der Waals surface area contributed by atoms with Crippen molar-refractivity contribution in [3.8, 4) is 0 Å². The van der Waals surface area contributed by atoms with E-state index in [4.69, 9.17) is 0 Å². The largest absolute Gasteiger partial charge is 0.292 e. The third kappa shape index (κ3) is 4.13. The van der Waals surface area contributed by atoms with Crippen LogP contribution in [0.3, 0.4) is 0 Å². The molecule has 2 bridgehead atoms. The van der Waals surface area contributed by atoms with Crippen LogP contribution in [0.4, 0.5) is 11.4 Å². The van der Waals surface area contributed by atoms with Gasteiger partial charge in [0.05, 0.1) is 21.7 Å². The van der Waals surface area contributed by atoms with Crippen LogP contribution in [-0.2, 0) is 9.59 Å². The zero-order valence-electron chi connectivity index (χ0n) is 23.3. The molecule has 2 atom stereocenters. The lowest BCUT2D eigenvalue weighted by atomic mass is 9.55. The van der Waals surface area contributed by atoms with E-state index in [9.17, 15) is 39.4 Å².